The fourth-order valence-corrected chi connectivity index (χ4v) is 3.09. The highest BCUT2D eigenvalue weighted by Crippen LogP contribution is 2.37. The minimum atomic E-state index is -1.78. The summed E-state index contributed by atoms with van der Waals surface area (Å²) in [4.78, 5) is 0. The van der Waals surface area contributed by atoms with E-state index in [0.29, 0.717) is 18.8 Å². The van der Waals surface area contributed by atoms with Gasteiger partial charge in [0.1, 0.15) is 12.4 Å². The van der Waals surface area contributed by atoms with E-state index in [4.69, 9.17) is 9.16 Å². The molecule has 1 aliphatic carbocycles. The van der Waals surface area contributed by atoms with Crippen LogP contribution in [0.4, 0.5) is 4.39 Å². The van der Waals surface area contributed by atoms with E-state index in [2.05, 4.69) is 33.9 Å². The SMILES string of the molecule is C[C@H](COC1=C(F)CCC=C1)O[Si](C)(C)C(C)(C)C. The molecule has 0 heterocycles. The summed E-state index contributed by atoms with van der Waals surface area (Å²) in [5.41, 5.74) is 0. The molecule has 0 aliphatic heterocycles. The van der Waals surface area contributed by atoms with Gasteiger partial charge in [-0.1, -0.05) is 26.8 Å². The van der Waals surface area contributed by atoms with Crippen LogP contribution in [0, 0.1) is 0 Å². The van der Waals surface area contributed by atoms with Crippen LogP contribution < -0.4 is 0 Å². The zero-order valence-corrected chi connectivity index (χ0v) is 14.0. The van der Waals surface area contributed by atoms with Crippen LogP contribution in [-0.4, -0.2) is 21.0 Å². The summed E-state index contributed by atoms with van der Waals surface area (Å²) in [5, 5.41) is 0.177. The van der Waals surface area contributed by atoms with E-state index in [1.54, 1.807) is 6.08 Å². The second-order valence-electron chi connectivity index (χ2n) is 6.71. The molecule has 0 N–H and O–H groups in total. The van der Waals surface area contributed by atoms with Crippen LogP contribution in [0.3, 0.4) is 0 Å². The first-order valence-corrected chi connectivity index (χ1v) is 9.90. The first-order chi connectivity index (χ1) is 8.63. The fourth-order valence-electron chi connectivity index (χ4n) is 1.66. The van der Waals surface area contributed by atoms with Gasteiger partial charge in [0.2, 0.25) is 0 Å². The molecule has 0 aromatic rings. The van der Waals surface area contributed by atoms with Crippen LogP contribution in [0.2, 0.25) is 18.1 Å². The molecule has 19 heavy (non-hydrogen) atoms. The van der Waals surface area contributed by atoms with Crippen molar-refractivity contribution in [2.75, 3.05) is 6.61 Å². The third-order valence-corrected chi connectivity index (χ3v) is 8.45. The maximum Gasteiger partial charge on any atom is 0.192 e. The largest absolute Gasteiger partial charge is 0.488 e. The van der Waals surface area contributed by atoms with Crippen LogP contribution in [0.5, 0.6) is 0 Å². The summed E-state index contributed by atoms with van der Waals surface area (Å²) in [6.07, 6.45) is 4.85. The van der Waals surface area contributed by atoms with Crippen molar-refractivity contribution in [3.8, 4) is 0 Å². The smallest absolute Gasteiger partial charge is 0.192 e. The Balaban J connectivity index is 2.49. The predicted octanol–water partition coefficient (Wildman–Crippen LogP) is 4.94. The fraction of sp³-hybridized carbons (Fsp3) is 0.733. The van der Waals surface area contributed by atoms with Crippen molar-refractivity contribution in [3.05, 3.63) is 23.7 Å². The molecule has 1 aliphatic rings. The van der Waals surface area contributed by atoms with Crippen LogP contribution in [0.15, 0.2) is 23.7 Å². The van der Waals surface area contributed by atoms with Crippen LogP contribution in [0.25, 0.3) is 0 Å². The summed E-state index contributed by atoms with van der Waals surface area (Å²) < 4.78 is 25.2. The molecule has 0 saturated heterocycles. The second-order valence-corrected chi connectivity index (χ2v) is 11.5. The van der Waals surface area contributed by atoms with Gasteiger partial charge in [0.05, 0.1) is 6.10 Å². The summed E-state index contributed by atoms with van der Waals surface area (Å²) >= 11 is 0. The van der Waals surface area contributed by atoms with Gasteiger partial charge in [-0.15, -0.1) is 0 Å². The van der Waals surface area contributed by atoms with Gasteiger partial charge in [-0.2, -0.15) is 0 Å². The molecule has 0 aromatic heterocycles. The van der Waals surface area contributed by atoms with Crippen molar-refractivity contribution >= 4 is 8.32 Å². The normalized spacial score (nSPS) is 18.7. The topological polar surface area (TPSA) is 18.5 Å². The van der Waals surface area contributed by atoms with Gasteiger partial charge in [0.25, 0.3) is 0 Å². The molecule has 0 spiro atoms. The molecule has 0 aromatic carbocycles. The summed E-state index contributed by atoms with van der Waals surface area (Å²) in [6.45, 7) is 13.4. The summed E-state index contributed by atoms with van der Waals surface area (Å²) in [6, 6.07) is 0. The van der Waals surface area contributed by atoms with Gasteiger partial charge >= 0.3 is 0 Å². The molecule has 1 rings (SSSR count). The lowest BCUT2D eigenvalue weighted by molar-refractivity contribution is 0.0907. The Labute approximate surface area is 117 Å². The van der Waals surface area contributed by atoms with Crippen molar-refractivity contribution in [1.29, 1.82) is 0 Å². The minimum absolute atomic E-state index is 0.0171. The number of ether oxygens (including phenoxy) is 1. The molecule has 0 unspecified atom stereocenters. The highest BCUT2D eigenvalue weighted by atomic mass is 28.4. The molecule has 110 valence electrons. The van der Waals surface area contributed by atoms with Gasteiger partial charge in [0.15, 0.2) is 14.1 Å². The van der Waals surface area contributed by atoms with Gasteiger partial charge in [-0.3, -0.25) is 0 Å². The van der Waals surface area contributed by atoms with E-state index < -0.39 is 8.32 Å². The van der Waals surface area contributed by atoms with E-state index in [9.17, 15) is 4.39 Å². The van der Waals surface area contributed by atoms with Crippen molar-refractivity contribution < 1.29 is 13.6 Å². The molecule has 0 bridgehead atoms. The van der Waals surface area contributed by atoms with E-state index in [0.717, 1.165) is 6.42 Å². The Kier molecular flexibility index (Phi) is 5.39. The third-order valence-electron chi connectivity index (χ3n) is 3.84. The Hall–Kier alpha value is -0.613. The average molecular weight is 286 g/mol. The molecule has 1 atom stereocenters. The highest BCUT2D eigenvalue weighted by Gasteiger charge is 2.38. The molecule has 0 amide bonds. The number of hydrogen-bond acceptors (Lipinski definition) is 2. The van der Waals surface area contributed by atoms with Crippen LogP contribution >= 0.6 is 0 Å². The lowest BCUT2D eigenvalue weighted by Gasteiger charge is -2.38. The van der Waals surface area contributed by atoms with Crippen LogP contribution in [-0.2, 0) is 9.16 Å². The zero-order chi connectivity index (χ0) is 14.7. The van der Waals surface area contributed by atoms with E-state index >= 15 is 0 Å². The number of halogens is 1. The van der Waals surface area contributed by atoms with Gasteiger partial charge in [-0.25, -0.2) is 4.39 Å². The van der Waals surface area contributed by atoms with Crippen molar-refractivity contribution in [1.82, 2.24) is 0 Å². The first-order valence-electron chi connectivity index (χ1n) is 6.99. The highest BCUT2D eigenvalue weighted by molar-refractivity contribution is 6.74. The minimum Gasteiger partial charge on any atom is -0.488 e. The molecule has 0 radical (unpaired) electrons. The molecule has 4 heteroatoms. The second kappa shape index (κ2) is 6.22. The average Bonchev–Trinajstić information content (AvgIpc) is 2.26. The molecular formula is C15H27FO2Si. The number of rotatable bonds is 5. The third kappa shape index (κ3) is 4.77. The van der Waals surface area contributed by atoms with E-state index in [-0.39, 0.29) is 17.0 Å². The maximum absolute atomic E-state index is 13.5. The quantitative estimate of drug-likeness (QED) is 0.666. The predicted molar refractivity (Wildman–Crippen MR) is 80.2 cm³/mol. The van der Waals surface area contributed by atoms with Gasteiger partial charge < -0.3 is 9.16 Å². The maximum atomic E-state index is 13.5. The van der Waals surface area contributed by atoms with Crippen molar-refractivity contribution in [2.24, 2.45) is 0 Å². The Morgan fingerprint density at radius 1 is 1.37 bits per heavy atom. The summed E-state index contributed by atoms with van der Waals surface area (Å²) in [5.74, 6) is 0.221. The van der Waals surface area contributed by atoms with Gasteiger partial charge in [-0.05, 0) is 37.6 Å². The Morgan fingerprint density at radius 3 is 2.53 bits per heavy atom. The first kappa shape index (κ1) is 16.4. The van der Waals surface area contributed by atoms with Gasteiger partial charge in [0, 0.05) is 6.42 Å². The molecule has 0 fully saturated rings. The van der Waals surface area contributed by atoms with E-state index in [1.165, 1.54) is 0 Å². The lowest BCUT2D eigenvalue weighted by atomic mass is 10.1. The molecule has 0 saturated carbocycles. The lowest BCUT2D eigenvalue weighted by Crippen LogP contribution is -2.44. The van der Waals surface area contributed by atoms with E-state index in [1.807, 2.05) is 13.0 Å². The molecule has 2 nitrogen and oxygen atoms in total. The summed E-state index contributed by atoms with van der Waals surface area (Å²) in [7, 11) is -1.78. The monoisotopic (exact) mass is 286 g/mol. The number of hydrogen-bond donors (Lipinski definition) is 0. The number of allylic oxidation sites excluding steroid dienone is 3. The molecular weight excluding hydrogens is 259 g/mol. The van der Waals surface area contributed by atoms with Crippen molar-refractivity contribution in [3.63, 3.8) is 0 Å². The Morgan fingerprint density at radius 2 is 2.00 bits per heavy atom. The Bertz CT molecular complexity index is 367. The zero-order valence-electron chi connectivity index (χ0n) is 13.0. The van der Waals surface area contributed by atoms with Crippen molar-refractivity contribution in [2.45, 2.75) is 64.8 Å². The standard InChI is InChI=1S/C15H27FO2Si/c1-12(18-19(5,6)15(2,3)4)11-17-14-10-8-7-9-13(14)16/h8,10,12H,7,9,11H2,1-6H3/t12-/m1/s1. The van der Waals surface area contributed by atoms with Crippen LogP contribution in [0.1, 0.15) is 40.5 Å².